The summed E-state index contributed by atoms with van der Waals surface area (Å²) in [6.07, 6.45) is 0. The minimum Gasteiger partial charge on any atom is -0.291 e. The van der Waals surface area contributed by atoms with Gasteiger partial charge in [0.25, 0.3) is 0 Å². The molecule has 1 rings (SSSR count). The average Bonchev–Trinajstić information content (AvgIpc) is 1.91. The topological polar surface area (TPSA) is 29.4 Å². The number of halogens is 1. The van der Waals surface area contributed by atoms with Gasteiger partial charge in [-0.15, -0.1) is 0 Å². The number of carbonyl (C=O) groups excluding carboxylic acids is 1. The van der Waals surface area contributed by atoms with Crippen molar-refractivity contribution in [2.75, 3.05) is 5.75 Å². The molecular formula is C3H2BrNOS. The first-order valence-corrected chi connectivity index (χ1v) is 3.43. The molecule has 0 unspecified atom stereocenters. The van der Waals surface area contributed by atoms with Crippen LogP contribution in [0.5, 0.6) is 0 Å². The van der Waals surface area contributed by atoms with Gasteiger partial charge in [0, 0.05) is 0 Å². The van der Waals surface area contributed by atoms with Crippen molar-refractivity contribution in [3.63, 3.8) is 0 Å². The molecule has 0 amide bonds. The van der Waals surface area contributed by atoms with Crippen molar-refractivity contribution in [2.24, 2.45) is 4.40 Å². The van der Waals surface area contributed by atoms with Gasteiger partial charge in [-0.25, -0.2) is 4.40 Å². The van der Waals surface area contributed by atoms with Crippen LogP contribution >= 0.6 is 27.9 Å². The van der Waals surface area contributed by atoms with Crippen molar-refractivity contribution in [3.05, 3.63) is 0 Å². The molecule has 0 radical (unpaired) electrons. The van der Waals surface area contributed by atoms with Crippen molar-refractivity contribution in [3.8, 4) is 0 Å². The summed E-state index contributed by atoms with van der Waals surface area (Å²) < 4.78 is 4.19. The van der Waals surface area contributed by atoms with E-state index in [1.807, 2.05) is 0 Å². The average molecular weight is 180 g/mol. The normalized spacial score (nSPS) is 20.1. The number of Topliss-reactive ketones (excluding diaryl/α,β-unsaturated/α-hetero) is 1. The van der Waals surface area contributed by atoms with Gasteiger partial charge in [0.1, 0.15) is 0 Å². The van der Waals surface area contributed by atoms with Crippen LogP contribution in [0.1, 0.15) is 0 Å². The molecule has 0 N–H and O–H groups in total. The smallest absolute Gasteiger partial charge is 0.200 e. The highest BCUT2D eigenvalue weighted by Gasteiger charge is 2.13. The lowest BCUT2D eigenvalue weighted by molar-refractivity contribution is -0.110. The van der Waals surface area contributed by atoms with Crippen LogP contribution in [0.2, 0.25) is 0 Å². The molecule has 1 heterocycles. The molecule has 0 saturated carbocycles. The van der Waals surface area contributed by atoms with E-state index in [-0.39, 0.29) is 5.78 Å². The summed E-state index contributed by atoms with van der Waals surface area (Å²) in [7, 11) is 0. The van der Waals surface area contributed by atoms with Gasteiger partial charge >= 0.3 is 0 Å². The molecule has 0 aromatic carbocycles. The molecule has 1 aliphatic heterocycles. The lowest BCUT2D eigenvalue weighted by atomic mass is 10.5. The van der Waals surface area contributed by atoms with Gasteiger partial charge in [-0.1, -0.05) is 0 Å². The zero-order valence-electron chi connectivity index (χ0n) is 3.35. The molecule has 4 heteroatoms. The summed E-state index contributed by atoms with van der Waals surface area (Å²) in [6, 6.07) is 0. The molecule has 38 valence electrons. The third-order valence-electron chi connectivity index (χ3n) is 0.570. The fourth-order valence-electron chi connectivity index (χ4n) is 0.258. The minimum absolute atomic E-state index is 0.0880. The fourth-order valence-corrected chi connectivity index (χ4v) is 1.42. The highest BCUT2D eigenvalue weighted by atomic mass is 79.9. The number of ketones is 1. The monoisotopic (exact) mass is 179 g/mol. The number of carbonyl (C=O) groups is 1. The Labute approximate surface area is 53.6 Å². The van der Waals surface area contributed by atoms with Gasteiger partial charge in [-0.3, -0.25) is 4.79 Å². The lowest BCUT2D eigenvalue weighted by Gasteiger charge is -1.73. The quantitative estimate of drug-likeness (QED) is 0.520. The van der Waals surface area contributed by atoms with E-state index in [1.165, 1.54) is 11.9 Å². The van der Waals surface area contributed by atoms with Crippen LogP contribution in [0.15, 0.2) is 4.40 Å². The van der Waals surface area contributed by atoms with Crippen molar-refractivity contribution < 1.29 is 4.79 Å². The summed E-state index contributed by atoms with van der Waals surface area (Å²) >= 11 is 4.27. The maximum absolute atomic E-state index is 10.4. The number of nitrogens with zero attached hydrogens (tertiary/aromatic N) is 1. The van der Waals surface area contributed by atoms with Crippen LogP contribution in [0.4, 0.5) is 0 Å². The molecule has 0 atom stereocenters. The number of hydrogen-bond donors (Lipinski definition) is 0. The van der Waals surface area contributed by atoms with Gasteiger partial charge in [0.05, 0.1) is 5.75 Å². The Morgan fingerprint density at radius 2 is 2.57 bits per heavy atom. The Hall–Kier alpha value is 0.170. The first-order chi connectivity index (χ1) is 3.30. The van der Waals surface area contributed by atoms with Crippen molar-refractivity contribution in [1.82, 2.24) is 0 Å². The molecule has 7 heavy (non-hydrogen) atoms. The second-order valence-electron chi connectivity index (χ2n) is 1.08. The van der Waals surface area contributed by atoms with Crippen LogP contribution in [0, 0.1) is 0 Å². The Morgan fingerprint density at radius 3 is 2.71 bits per heavy atom. The van der Waals surface area contributed by atoms with E-state index in [9.17, 15) is 4.79 Å². The SMILES string of the molecule is O=C1CSN=C1Br. The highest BCUT2D eigenvalue weighted by molar-refractivity contribution is 9.19. The lowest BCUT2D eigenvalue weighted by Crippen LogP contribution is -2.01. The molecule has 0 aromatic rings. The Kier molecular flexibility index (Phi) is 1.49. The van der Waals surface area contributed by atoms with Gasteiger partial charge < -0.3 is 0 Å². The molecule has 0 aromatic heterocycles. The van der Waals surface area contributed by atoms with Crippen LogP contribution < -0.4 is 0 Å². The van der Waals surface area contributed by atoms with Gasteiger partial charge in [-0.2, -0.15) is 0 Å². The largest absolute Gasteiger partial charge is 0.291 e. The van der Waals surface area contributed by atoms with Crippen LogP contribution in [0.3, 0.4) is 0 Å². The second-order valence-corrected chi connectivity index (χ2v) is 2.56. The first-order valence-electron chi connectivity index (χ1n) is 1.69. The van der Waals surface area contributed by atoms with Crippen molar-refractivity contribution in [2.45, 2.75) is 0 Å². The molecule has 1 aliphatic rings. The predicted octanol–water partition coefficient (Wildman–Crippen LogP) is 1.01. The van der Waals surface area contributed by atoms with Crippen molar-refractivity contribution >= 4 is 38.3 Å². The second kappa shape index (κ2) is 1.96. The molecule has 2 nitrogen and oxygen atoms in total. The van der Waals surface area contributed by atoms with E-state index in [1.54, 1.807) is 0 Å². The maximum Gasteiger partial charge on any atom is 0.200 e. The van der Waals surface area contributed by atoms with Gasteiger partial charge in [0.15, 0.2) is 4.62 Å². The van der Waals surface area contributed by atoms with Crippen molar-refractivity contribution in [1.29, 1.82) is 0 Å². The highest BCUT2D eigenvalue weighted by Crippen LogP contribution is 2.14. The molecule has 0 spiro atoms. The van der Waals surface area contributed by atoms with E-state index >= 15 is 0 Å². The van der Waals surface area contributed by atoms with E-state index in [0.29, 0.717) is 10.4 Å². The molecule has 0 saturated heterocycles. The van der Waals surface area contributed by atoms with E-state index in [4.69, 9.17) is 0 Å². The Balaban J connectivity index is 2.72. The summed E-state index contributed by atoms with van der Waals surface area (Å²) in [6.45, 7) is 0. The number of hydrogen-bond acceptors (Lipinski definition) is 3. The zero-order valence-corrected chi connectivity index (χ0v) is 5.75. The standard InChI is InChI=1S/C3H2BrNOS/c4-3-2(6)1-7-5-3/h1H2. The fraction of sp³-hybridized carbons (Fsp3) is 0.333. The summed E-state index contributed by atoms with van der Waals surface area (Å²) in [5.41, 5.74) is 0. The predicted molar refractivity (Wildman–Crippen MR) is 33.8 cm³/mol. The minimum atomic E-state index is 0.0880. The van der Waals surface area contributed by atoms with Crippen LogP contribution in [-0.4, -0.2) is 16.2 Å². The zero-order chi connectivity index (χ0) is 5.28. The molecular weight excluding hydrogens is 178 g/mol. The van der Waals surface area contributed by atoms with Gasteiger partial charge in [0.2, 0.25) is 5.78 Å². The summed E-state index contributed by atoms with van der Waals surface area (Å²) in [5.74, 6) is 0.589. The Morgan fingerprint density at radius 1 is 1.86 bits per heavy atom. The maximum atomic E-state index is 10.4. The van der Waals surface area contributed by atoms with E-state index in [2.05, 4.69) is 20.3 Å². The van der Waals surface area contributed by atoms with Crippen LogP contribution in [-0.2, 0) is 4.79 Å². The molecule has 0 aliphatic carbocycles. The van der Waals surface area contributed by atoms with E-state index < -0.39 is 0 Å². The summed E-state index contributed by atoms with van der Waals surface area (Å²) in [4.78, 5) is 10.4. The Bertz CT molecular complexity index is 133. The number of rotatable bonds is 0. The van der Waals surface area contributed by atoms with E-state index in [0.717, 1.165) is 0 Å². The third kappa shape index (κ3) is 1.04. The summed E-state index contributed by atoms with van der Waals surface area (Å²) in [5, 5.41) is 0. The van der Waals surface area contributed by atoms with Gasteiger partial charge in [-0.05, 0) is 27.9 Å². The third-order valence-corrected chi connectivity index (χ3v) is 2.13. The van der Waals surface area contributed by atoms with Crippen LogP contribution in [0.25, 0.3) is 0 Å². The first kappa shape index (κ1) is 5.31. The molecule has 0 fully saturated rings. The molecule has 0 bridgehead atoms.